The molecule has 8 nitrogen and oxygen atoms in total. The third kappa shape index (κ3) is 3.32. The molecular weight excluding hydrogens is 464 g/mol. The van der Waals surface area contributed by atoms with Crippen molar-refractivity contribution in [1.82, 2.24) is 19.1 Å². The first kappa shape index (κ1) is 20.9. The number of nitrogens with zero attached hydrogens (tertiary/aromatic N) is 2. The summed E-state index contributed by atoms with van der Waals surface area (Å²) >= 11 is 0. The van der Waals surface area contributed by atoms with Gasteiger partial charge in [-0.05, 0) is 72.8 Å². The minimum atomic E-state index is -3.81. The number of aromatic amines is 2. The van der Waals surface area contributed by atoms with E-state index in [-0.39, 0.29) is 21.2 Å². The lowest BCUT2D eigenvalue weighted by molar-refractivity contribution is 0.596. The molecule has 2 aromatic heterocycles. The Bertz CT molecular complexity index is 1800. The summed E-state index contributed by atoms with van der Waals surface area (Å²) < 4.78 is 29.5. The van der Waals surface area contributed by atoms with E-state index < -0.39 is 9.84 Å². The third-order valence-corrected chi connectivity index (χ3v) is 7.78. The van der Waals surface area contributed by atoms with E-state index in [4.69, 9.17) is 0 Å². The zero-order valence-corrected chi connectivity index (χ0v) is 19.0. The SMILES string of the molecule is O=c1[nH]c2ccccc2n1-c1ccc(S(=O)(=O)c2ccc(-n3c(=O)[nH]c4ccccc43)cc2)cc1. The van der Waals surface area contributed by atoms with E-state index in [9.17, 15) is 18.0 Å². The molecule has 0 aliphatic heterocycles. The van der Waals surface area contributed by atoms with Crippen molar-refractivity contribution < 1.29 is 8.42 Å². The number of hydrogen-bond donors (Lipinski definition) is 2. The second-order valence-corrected chi connectivity index (χ2v) is 10.0. The average Bonchev–Trinajstić information content (AvgIpc) is 3.39. The van der Waals surface area contributed by atoms with Crippen molar-refractivity contribution >= 4 is 31.9 Å². The Morgan fingerprint density at radius 3 is 1.29 bits per heavy atom. The van der Waals surface area contributed by atoms with Crippen LogP contribution in [0.3, 0.4) is 0 Å². The smallest absolute Gasteiger partial charge is 0.305 e. The molecule has 0 unspecified atom stereocenters. The van der Waals surface area contributed by atoms with Crippen molar-refractivity contribution in [3.05, 3.63) is 118 Å². The van der Waals surface area contributed by atoms with Crippen molar-refractivity contribution in [2.45, 2.75) is 9.79 Å². The van der Waals surface area contributed by atoms with Crippen molar-refractivity contribution in [3.63, 3.8) is 0 Å². The van der Waals surface area contributed by atoms with Gasteiger partial charge in [0.2, 0.25) is 9.84 Å². The second kappa shape index (κ2) is 7.71. The van der Waals surface area contributed by atoms with Gasteiger partial charge in [-0.1, -0.05) is 24.3 Å². The maximum absolute atomic E-state index is 13.2. The van der Waals surface area contributed by atoms with Crippen LogP contribution in [0.5, 0.6) is 0 Å². The van der Waals surface area contributed by atoms with Crippen LogP contribution in [-0.4, -0.2) is 27.5 Å². The molecule has 2 heterocycles. The summed E-state index contributed by atoms with van der Waals surface area (Å²) in [7, 11) is -3.81. The maximum Gasteiger partial charge on any atom is 0.331 e. The molecule has 9 heteroatoms. The van der Waals surface area contributed by atoms with Crippen molar-refractivity contribution in [3.8, 4) is 11.4 Å². The van der Waals surface area contributed by atoms with Gasteiger partial charge in [0.05, 0.1) is 43.2 Å². The molecule has 0 amide bonds. The molecule has 0 aliphatic carbocycles. The topological polar surface area (TPSA) is 110 Å². The lowest BCUT2D eigenvalue weighted by atomic mass is 10.3. The van der Waals surface area contributed by atoms with Crippen LogP contribution in [0.1, 0.15) is 0 Å². The molecule has 4 aromatic carbocycles. The zero-order valence-electron chi connectivity index (χ0n) is 18.2. The van der Waals surface area contributed by atoms with Gasteiger partial charge >= 0.3 is 11.4 Å². The number of imidazole rings is 2. The number of nitrogens with one attached hydrogen (secondary N) is 2. The van der Waals surface area contributed by atoms with E-state index in [1.165, 1.54) is 33.4 Å². The molecule has 0 radical (unpaired) electrons. The first-order valence-corrected chi connectivity index (χ1v) is 12.3. The Hall–Kier alpha value is -4.63. The van der Waals surface area contributed by atoms with Crippen LogP contribution in [-0.2, 0) is 9.84 Å². The van der Waals surface area contributed by atoms with Crippen molar-refractivity contribution in [2.75, 3.05) is 0 Å². The highest BCUT2D eigenvalue weighted by atomic mass is 32.2. The number of hydrogen-bond acceptors (Lipinski definition) is 4. The van der Waals surface area contributed by atoms with Gasteiger partial charge in [0.25, 0.3) is 0 Å². The molecule has 0 aliphatic rings. The molecule has 0 fully saturated rings. The molecule has 6 rings (SSSR count). The molecule has 0 saturated heterocycles. The summed E-state index contributed by atoms with van der Waals surface area (Å²) in [6.07, 6.45) is 0. The zero-order chi connectivity index (χ0) is 24.2. The third-order valence-electron chi connectivity index (χ3n) is 5.99. The van der Waals surface area contributed by atoms with Crippen LogP contribution in [0.2, 0.25) is 0 Å². The van der Waals surface area contributed by atoms with Crippen molar-refractivity contribution in [1.29, 1.82) is 0 Å². The van der Waals surface area contributed by atoms with E-state index in [0.717, 1.165) is 0 Å². The van der Waals surface area contributed by atoms with Crippen molar-refractivity contribution in [2.24, 2.45) is 0 Å². The van der Waals surface area contributed by atoms with E-state index >= 15 is 0 Å². The summed E-state index contributed by atoms with van der Waals surface area (Å²) in [5.74, 6) is 0. The summed E-state index contributed by atoms with van der Waals surface area (Å²) in [5.41, 5.74) is 3.32. The van der Waals surface area contributed by atoms with Gasteiger partial charge in [0, 0.05) is 0 Å². The van der Waals surface area contributed by atoms with Crippen LogP contribution in [0, 0.1) is 0 Å². The maximum atomic E-state index is 13.2. The number of aromatic nitrogens is 4. The monoisotopic (exact) mass is 482 g/mol. The number of rotatable bonds is 4. The van der Waals surface area contributed by atoms with E-state index in [1.807, 2.05) is 36.4 Å². The van der Waals surface area contributed by atoms with Crippen LogP contribution >= 0.6 is 0 Å². The summed E-state index contributed by atoms with van der Waals surface area (Å²) in [4.78, 5) is 30.7. The first-order chi connectivity index (χ1) is 16.9. The van der Waals surface area contributed by atoms with Gasteiger partial charge in [0.15, 0.2) is 0 Å². The largest absolute Gasteiger partial charge is 0.331 e. The fourth-order valence-corrected chi connectivity index (χ4v) is 5.57. The van der Waals surface area contributed by atoms with Gasteiger partial charge < -0.3 is 9.97 Å². The Balaban J connectivity index is 1.35. The number of H-pyrrole nitrogens is 2. The van der Waals surface area contributed by atoms with Gasteiger partial charge in [-0.15, -0.1) is 0 Å². The van der Waals surface area contributed by atoms with Crippen LogP contribution in [0.15, 0.2) is 116 Å². The molecular formula is C26H18N4O4S. The fraction of sp³-hybridized carbons (Fsp3) is 0. The average molecular weight is 483 g/mol. The minimum Gasteiger partial charge on any atom is -0.305 e. The number of para-hydroxylation sites is 4. The highest BCUT2D eigenvalue weighted by Gasteiger charge is 2.19. The second-order valence-electron chi connectivity index (χ2n) is 8.06. The minimum absolute atomic E-state index is 0.103. The fourth-order valence-electron chi connectivity index (χ4n) is 4.31. The standard InChI is InChI=1S/C26H18N4O4S/c31-25-27-21-5-1-3-7-23(21)29(25)17-9-13-19(14-10-17)35(33,34)20-15-11-18(12-16-20)30-24-8-4-2-6-22(24)28-26(30)32/h1-16H,(H,27,31)(H,28,32). The van der Waals surface area contributed by atoms with Gasteiger partial charge in [0.1, 0.15) is 0 Å². The predicted octanol–water partition coefficient (Wildman–Crippen LogP) is 3.78. The molecule has 2 N–H and O–H groups in total. The van der Waals surface area contributed by atoms with E-state index in [1.54, 1.807) is 36.4 Å². The Morgan fingerprint density at radius 1 is 0.514 bits per heavy atom. The first-order valence-electron chi connectivity index (χ1n) is 10.8. The normalized spacial score (nSPS) is 11.9. The molecule has 35 heavy (non-hydrogen) atoms. The number of fused-ring (bicyclic) bond motifs is 2. The highest BCUT2D eigenvalue weighted by Crippen LogP contribution is 2.24. The number of sulfone groups is 1. The number of benzene rings is 4. The van der Waals surface area contributed by atoms with Gasteiger partial charge in [-0.3, -0.25) is 9.13 Å². The van der Waals surface area contributed by atoms with Crippen LogP contribution in [0.25, 0.3) is 33.4 Å². The lowest BCUT2D eigenvalue weighted by Gasteiger charge is -2.09. The lowest BCUT2D eigenvalue weighted by Crippen LogP contribution is -2.15. The Morgan fingerprint density at radius 2 is 0.886 bits per heavy atom. The van der Waals surface area contributed by atoms with Gasteiger partial charge in [-0.2, -0.15) is 0 Å². The Kier molecular flexibility index (Phi) is 4.61. The molecule has 0 saturated carbocycles. The highest BCUT2D eigenvalue weighted by molar-refractivity contribution is 7.91. The van der Waals surface area contributed by atoms with Crippen LogP contribution in [0.4, 0.5) is 0 Å². The molecule has 0 bridgehead atoms. The molecule has 172 valence electrons. The summed E-state index contributed by atoms with van der Waals surface area (Å²) in [6, 6.07) is 26.9. The Labute approximate surface area is 198 Å². The predicted molar refractivity (Wildman–Crippen MR) is 133 cm³/mol. The van der Waals surface area contributed by atoms with Crippen LogP contribution < -0.4 is 11.4 Å². The van der Waals surface area contributed by atoms with Gasteiger partial charge in [-0.25, -0.2) is 18.0 Å². The van der Waals surface area contributed by atoms with E-state index in [0.29, 0.717) is 33.4 Å². The summed E-state index contributed by atoms with van der Waals surface area (Å²) in [6.45, 7) is 0. The molecule has 0 atom stereocenters. The quantitative estimate of drug-likeness (QED) is 0.398. The molecule has 0 spiro atoms. The molecule has 6 aromatic rings. The van der Waals surface area contributed by atoms with E-state index in [2.05, 4.69) is 9.97 Å². The summed E-state index contributed by atoms with van der Waals surface area (Å²) in [5, 5.41) is 0.